The van der Waals surface area contributed by atoms with Crippen molar-refractivity contribution in [3.8, 4) is 22.3 Å². The Balaban J connectivity index is 2.54. The van der Waals surface area contributed by atoms with Gasteiger partial charge in [0, 0.05) is 0 Å². The molecule has 0 fully saturated rings. The average Bonchev–Trinajstić information content (AvgIpc) is 2.76. The molecule has 3 rings (SSSR count). The van der Waals surface area contributed by atoms with E-state index in [0.717, 1.165) is 0 Å². The summed E-state index contributed by atoms with van der Waals surface area (Å²) in [5.41, 5.74) is 13.0. The van der Waals surface area contributed by atoms with Crippen molar-refractivity contribution in [2.24, 2.45) is 0 Å². The van der Waals surface area contributed by atoms with Gasteiger partial charge in [-0.1, -0.05) is 131 Å². The van der Waals surface area contributed by atoms with Crippen molar-refractivity contribution in [2.75, 3.05) is 0 Å². The minimum Gasteiger partial charge on any atom is -0.0617 e. The van der Waals surface area contributed by atoms with Crippen LogP contribution < -0.4 is 0 Å². The van der Waals surface area contributed by atoms with Crippen LogP contribution in [0.5, 0.6) is 0 Å². The van der Waals surface area contributed by atoms with Crippen molar-refractivity contribution in [3.63, 3.8) is 0 Å². The van der Waals surface area contributed by atoms with Crippen LogP contribution in [0.2, 0.25) is 0 Å². The number of rotatable bonds is 6. The average molecular weight is 455 g/mol. The summed E-state index contributed by atoms with van der Waals surface area (Å²) < 4.78 is 0. The summed E-state index contributed by atoms with van der Waals surface area (Å²) in [4.78, 5) is 0. The van der Waals surface area contributed by atoms with E-state index in [2.05, 4.69) is 131 Å². The molecular weight excluding hydrogens is 408 g/mol. The first kappa shape index (κ1) is 26.3. The maximum Gasteiger partial charge on any atom is -0.0111 e. The summed E-state index contributed by atoms with van der Waals surface area (Å²) >= 11 is 0. The molecule has 3 aromatic carbocycles. The quantitative estimate of drug-likeness (QED) is 0.347. The standard InChI is InChI=1S/C34H46/c1-21(2)25-15-12-16-26(22(3)4)31(25)29-19-14-20-30(33(29)34(9,10)11)32-27(23(5)6)17-13-18-28(32)24(7)8/h12-24H,1-11H3. The van der Waals surface area contributed by atoms with E-state index in [1.807, 2.05) is 0 Å². The minimum absolute atomic E-state index is 0.00259. The molecule has 0 aliphatic carbocycles. The summed E-state index contributed by atoms with van der Waals surface area (Å²) in [5.74, 6) is 1.89. The Bertz CT molecular complexity index is 999. The van der Waals surface area contributed by atoms with Crippen LogP contribution in [0.1, 0.15) is 128 Å². The van der Waals surface area contributed by atoms with Crippen LogP contribution >= 0.6 is 0 Å². The fraction of sp³-hybridized carbons (Fsp3) is 0.471. The fourth-order valence-corrected chi connectivity index (χ4v) is 5.50. The largest absolute Gasteiger partial charge is 0.0617 e. The molecule has 0 bridgehead atoms. The lowest BCUT2D eigenvalue weighted by Gasteiger charge is -2.32. The van der Waals surface area contributed by atoms with E-state index in [1.54, 1.807) is 0 Å². The molecule has 0 aliphatic rings. The highest BCUT2D eigenvalue weighted by atomic mass is 14.3. The molecule has 3 aromatic rings. The van der Waals surface area contributed by atoms with Gasteiger partial charge in [0.25, 0.3) is 0 Å². The van der Waals surface area contributed by atoms with Crippen LogP contribution in [0.15, 0.2) is 54.6 Å². The molecule has 0 saturated carbocycles. The zero-order valence-corrected chi connectivity index (χ0v) is 23.5. The maximum absolute atomic E-state index is 2.38. The monoisotopic (exact) mass is 454 g/mol. The summed E-state index contributed by atoms with van der Waals surface area (Å²) in [6.07, 6.45) is 0. The van der Waals surface area contributed by atoms with Crippen molar-refractivity contribution < 1.29 is 0 Å². The van der Waals surface area contributed by atoms with E-state index in [9.17, 15) is 0 Å². The highest BCUT2D eigenvalue weighted by Crippen LogP contribution is 2.47. The SMILES string of the molecule is CC(C)c1cccc(C(C)C)c1-c1cccc(-c2c(C(C)C)cccc2C(C)C)c1C(C)(C)C. The third-order valence-corrected chi connectivity index (χ3v) is 7.10. The van der Waals surface area contributed by atoms with Gasteiger partial charge in [0.15, 0.2) is 0 Å². The first-order valence-corrected chi connectivity index (χ1v) is 13.3. The lowest BCUT2D eigenvalue weighted by Crippen LogP contribution is -2.17. The van der Waals surface area contributed by atoms with E-state index >= 15 is 0 Å². The smallest absolute Gasteiger partial charge is 0.0111 e. The second-order valence-electron chi connectivity index (χ2n) is 12.2. The number of hydrogen-bond acceptors (Lipinski definition) is 0. The second-order valence-corrected chi connectivity index (χ2v) is 12.2. The van der Waals surface area contributed by atoms with Crippen LogP contribution in [0, 0.1) is 0 Å². The Hall–Kier alpha value is -2.34. The second kappa shape index (κ2) is 10.1. The summed E-state index contributed by atoms with van der Waals surface area (Å²) in [5, 5.41) is 0. The third-order valence-electron chi connectivity index (χ3n) is 7.10. The zero-order valence-electron chi connectivity index (χ0n) is 23.5. The summed E-state index contributed by atoms with van der Waals surface area (Å²) in [6.45, 7) is 25.8. The van der Waals surface area contributed by atoms with Crippen LogP contribution in [0.25, 0.3) is 22.3 Å². The predicted molar refractivity (Wildman–Crippen MR) is 152 cm³/mol. The van der Waals surface area contributed by atoms with E-state index in [1.165, 1.54) is 50.1 Å². The molecule has 0 spiro atoms. The molecular formula is C34H46. The Morgan fingerprint density at radius 3 is 0.941 bits per heavy atom. The normalized spacial score (nSPS) is 12.4. The van der Waals surface area contributed by atoms with Gasteiger partial charge in [0.1, 0.15) is 0 Å². The summed E-state index contributed by atoms with van der Waals surface area (Å²) in [7, 11) is 0. The first-order valence-electron chi connectivity index (χ1n) is 13.3. The van der Waals surface area contributed by atoms with Crippen LogP contribution in [-0.2, 0) is 5.41 Å². The third kappa shape index (κ3) is 5.02. The van der Waals surface area contributed by atoms with Gasteiger partial charge in [0.2, 0.25) is 0 Å². The predicted octanol–water partition coefficient (Wildman–Crippen LogP) is 10.8. The molecule has 0 unspecified atom stereocenters. The first-order chi connectivity index (χ1) is 15.9. The van der Waals surface area contributed by atoms with Crippen molar-refractivity contribution in [1.29, 1.82) is 0 Å². The Morgan fingerprint density at radius 2 is 0.706 bits per heavy atom. The van der Waals surface area contributed by atoms with Gasteiger partial charge in [-0.3, -0.25) is 0 Å². The molecule has 0 heterocycles. The van der Waals surface area contributed by atoms with Crippen LogP contribution in [-0.4, -0.2) is 0 Å². The fourth-order valence-electron chi connectivity index (χ4n) is 5.50. The Morgan fingerprint density at radius 1 is 0.441 bits per heavy atom. The highest BCUT2D eigenvalue weighted by molar-refractivity contribution is 5.86. The van der Waals surface area contributed by atoms with Crippen molar-refractivity contribution in [3.05, 3.63) is 82.4 Å². The molecule has 0 radical (unpaired) electrons. The highest BCUT2D eigenvalue weighted by Gasteiger charge is 2.28. The number of hydrogen-bond donors (Lipinski definition) is 0. The number of benzene rings is 3. The van der Waals surface area contributed by atoms with Crippen molar-refractivity contribution in [2.45, 2.75) is 105 Å². The van der Waals surface area contributed by atoms with Gasteiger partial charge in [-0.2, -0.15) is 0 Å². The maximum atomic E-state index is 2.38. The van der Waals surface area contributed by atoms with Gasteiger partial charge in [-0.25, -0.2) is 0 Å². The van der Waals surface area contributed by atoms with E-state index in [0.29, 0.717) is 23.7 Å². The van der Waals surface area contributed by atoms with Gasteiger partial charge in [-0.05, 0) is 79.2 Å². The van der Waals surface area contributed by atoms with Gasteiger partial charge < -0.3 is 0 Å². The molecule has 0 amide bonds. The van der Waals surface area contributed by atoms with Gasteiger partial charge in [-0.15, -0.1) is 0 Å². The minimum atomic E-state index is 0.00259. The molecule has 0 aromatic heterocycles. The Kier molecular flexibility index (Phi) is 7.81. The van der Waals surface area contributed by atoms with Crippen molar-refractivity contribution >= 4 is 0 Å². The molecule has 0 heteroatoms. The lowest BCUT2D eigenvalue weighted by molar-refractivity contribution is 0.593. The van der Waals surface area contributed by atoms with Gasteiger partial charge in [0.05, 0.1) is 0 Å². The van der Waals surface area contributed by atoms with E-state index in [4.69, 9.17) is 0 Å². The molecule has 0 nitrogen and oxygen atoms in total. The zero-order chi connectivity index (χ0) is 25.4. The van der Waals surface area contributed by atoms with E-state index < -0.39 is 0 Å². The molecule has 182 valence electrons. The molecule has 34 heavy (non-hydrogen) atoms. The van der Waals surface area contributed by atoms with E-state index in [-0.39, 0.29) is 5.41 Å². The van der Waals surface area contributed by atoms with Crippen molar-refractivity contribution in [1.82, 2.24) is 0 Å². The molecule has 0 atom stereocenters. The molecule has 0 saturated heterocycles. The van der Waals surface area contributed by atoms with Crippen LogP contribution in [0.4, 0.5) is 0 Å². The molecule has 0 aliphatic heterocycles. The lowest BCUT2D eigenvalue weighted by atomic mass is 9.72. The topological polar surface area (TPSA) is 0 Å². The summed E-state index contributed by atoms with van der Waals surface area (Å²) in [6, 6.07) is 20.9. The Labute approximate surface area is 209 Å². The van der Waals surface area contributed by atoms with Gasteiger partial charge >= 0.3 is 0 Å². The molecule has 0 N–H and O–H groups in total. The van der Waals surface area contributed by atoms with Crippen LogP contribution in [0.3, 0.4) is 0 Å².